The van der Waals surface area contributed by atoms with Gasteiger partial charge in [0.05, 0.1) is 11.2 Å². The lowest BCUT2D eigenvalue weighted by atomic mass is 9.76. The molecule has 4 nitrogen and oxygen atoms in total. The zero-order chi connectivity index (χ0) is 21.4. The minimum absolute atomic E-state index is 0.222. The number of rotatable bonds is 7. The molecular formula is C22H32BClO4Si. The zero-order valence-electron chi connectivity index (χ0n) is 18.6. The normalized spacial score (nSPS) is 18.4. The van der Waals surface area contributed by atoms with Crippen molar-refractivity contribution in [2.45, 2.75) is 64.6 Å². The van der Waals surface area contributed by atoms with Crippen LogP contribution in [0, 0.1) is 0 Å². The lowest BCUT2D eigenvalue weighted by Crippen LogP contribution is -2.41. The van der Waals surface area contributed by atoms with Crippen LogP contribution >= 0.6 is 11.6 Å². The Kier molecular flexibility index (Phi) is 6.43. The molecule has 0 bridgehead atoms. The van der Waals surface area contributed by atoms with Crippen molar-refractivity contribution in [3.63, 3.8) is 0 Å². The van der Waals surface area contributed by atoms with E-state index in [9.17, 15) is 0 Å². The maximum absolute atomic E-state index is 6.55. The van der Waals surface area contributed by atoms with E-state index in [4.69, 9.17) is 30.4 Å². The Morgan fingerprint density at radius 1 is 1.03 bits per heavy atom. The van der Waals surface area contributed by atoms with Gasteiger partial charge in [-0.3, -0.25) is 0 Å². The molecule has 0 atom stereocenters. The second-order valence-electron chi connectivity index (χ2n) is 9.92. The van der Waals surface area contributed by atoms with E-state index >= 15 is 0 Å². The molecule has 2 aromatic rings. The molecule has 1 fully saturated rings. The topological polar surface area (TPSA) is 36.9 Å². The lowest BCUT2D eigenvalue weighted by Gasteiger charge is -2.32. The molecule has 158 valence electrons. The lowest BCUT2D eigenvalue weighted by molar-refractivity contribution is 0.00578. The summed E-state index contributed by atoms with van der Waals surface area (Å²) in [5, 5.41) is 2.59. The highest BCUT2D eigenvalue weighted by Crippen LogP contribution is 2.38. The van der Waals surface area contributed by atoms with E-state index in [1.54, 1.807) is 0 Å². The van der Waals surface area contributed by atoms with Crippen LogP contribution in [0.4, 0.5) is 0 Å². The summed E-state index contributed by atoms with van der Waals surface area (Å²) in [5.41, 5.74) is 0.0215. The van der Waals surface area contributed by atoms with Gasteiger partial charge in [0.2, 0.25) is 0 Å². The SMILES string of the molecule is CC1(C)OB(c2cc(OCOCC[Si](C)(C)C)cc3cccc(Cl)c23)OC1(C)C. The molecule has 2 aromatic carbocycles. The molecule has 1 heterocycles. The van der Waals surface area contributed by atoms with Crippen LogP contribution in [0.15, 0.2) is 30.3 Å². The van der Waals surface area contributed by atoms with Crippen molar-refractivity contribution in [2.24, 2.45) is 0 Å². The average molecular weight is 435 g/mol. The Balaban J connectivity index is 1.85. The van der Waals surface area contributed by atoms with Gasteiger partial charge in [-0.05, 0) is 62.8 Å². The van der Waals surface area contributed by atoms with Crippen molar-refractivity contribution in [3.8, 4) is 5.75 Å². The Hall–Kier alpha value is -1.05. The van der Waals surface area contributed by atoms with E-state index in [1.807, 2.05) is 58.0 Å². The Bertz CT molecular complexity index is 863. The van der Waals surface area contributed by atoms with Crippen LogP contribution in [0.1, 0.15) is 27.7 Å². The molecule has 0 amide bonds. The van der Waals surface area contributed by atoms with Gasteiger partial charge in [-0.15, -0.1) is 0 Å². The fourth-order valence-electron chi connectivity index (χ4n) is 3.17. The maximum atomic E-state index is 6.55. The van der Waals surface area contributed by atoms with Crippen molar-refractivity contribution in [3.05, 3.63) is 35.4 Å². The van der Waals surface area contributed by atoms with Gasteiger partial charge in [-0.25, -0.2) is 0 Å². The van der Waals surface area contributed by atoms with Crippen molar-refractivity contribution in [2.75, 3.05) is 13.4 Å². The van der Waals surface area contributed by atoms with Crippen LogP contribution in [0.2, 0.25) is 30.7 Å². The summed E-state index contributed by atoms with van der Waals surface area (Å²) in [7, 11) is -1.63. The van der Waals surface area contributed by atoms with E-state index in [0.29, 0.717) is 5.02 Å². The van der Waals surface area contributed by atoms with E-state index in [1.165, 1.54) is 0 Å². The first kappa shape index (κ1) is 22.6. The molecule has 0 aromatic heterocycles. The molecule has 0 radical (unpaired) electrons. The summed E-state index contributed by atoms with van der Waals surface area (Å²) >= 11 is 6.55. The first-order valence-corrected chi connectivity index (χ1v) is 14.3. The van der Waals surface area contributed by atoms with Crippen LogP contribution in [0.3, 0.4) is 0 Å². The molecule has 0 unspecified atom stereocenters. The molecule has 0 aliphatic carbocycles. The monoisotopic (exact) mass is 434 g/mol. The zero-order valence-corrected chi connectivity index (χ0v) is 20.4. The highest BCUT2D eigenvalue weighted by molar-refractivity contribution is 6.76. The molecule has 1 saturated heterocycles. The van der Waals surface area contributed by atoms with Gasteiger partial charge >= 0.3 is 7.12 Å². The number of benzene rings is 2. The highest BCUT2D eigenvalue weighted by atomic mass is 35.5. The summed E-state index contributed by atoms with van der Waals surface area (Å²) in [5.74, 6) is 0.720. The first-order chi connectivity index (χ1) is 13.4. The van der Waals surface area contributed by atoms with Gasteiger partial charge in [-0.2, -0.15) is 0 Å². The minimum Gasteiger partial charge on any atom is -0.468 e. The van der Waals surface area contributed by atoms with Crippen molar-refractivity contribution in [1.82, 2.24) is 0 Å². The van der Waals surface area contributed by atoms with Gasteiger partial charge < -0.3 is 18.8 Å². The third-order valence-corrected chi connectivity index (χ3v) is 7.76. The fraction of sp³-hybridized carbons (Fsp3) is 0.545. The van der Waals surface area contributed by atoms with Crippen LogP contribution in [0.5, 0.6) is 5.75 Å². The van der Waals surface area contributed by atoms with Crippen LogP contribution in [-0.2, 0) is 14.0 Å². The molecule has 1 aliphatic heterocycles. The first-order valence-electron chi connectivity index (χ1n) is 10.2. The summed E-state index contributed by atoms with van der Waals surface area (Å²) in [4.78, 5) is 0. The predicted molar refractivity (Wildman–Crippen MR) is 124 cm³/mol. The second kappa shape index (κ2) is 8.23. The maximum Gasteiger partial charge on any atom is 0.495 e. The van der Waals surface area contributed by atoms with E-state index in [0.717, 1.165) is 34.6 Å². The van der Waals surface area contributed by atoms with Crippen molar-refractivity contribution < 1.29 is 18.8 Å². The Morgan fingerprint density at radius 2 is 1.69 bits per heavy atom. The number of hydrogen-bond donors (Lipinski definition) is 0. The number of hydrogen-bond acceptors (Lipinski definition) is 4. The van der Waals surface area contributed by atoms with Crippen LogP contribution in [0.25, 0.3) is 10.8 Å². The standard InChI is InChI=1S/C22H32BClO4Si/c1-21(2)22(3,4)28-23(27-21)18-14-17(26-15-25-11-12-29(5,6)7)13-16-9-8-10-19(24)20(16)18/h8-10,13-14H,11-12,15H2,1-7H3. The summed E-state index contributed by atoms with van der Waals surface area (Å²) in [6.45, 7) is 16.1. The Morgan fingerprint density at radius 3 is 2.31 bits per heavy atom. The summed E-state index contributed by atoms with van der Waals surface area (Å²) < 4.78 is 24.2. The largest absolute Gasteiger partial charge is 0.495 e. The van der Waals surface area contributed by atoms with Crippen molar-refractivity contribution in [1.29, 1.82) is 0 Å². The van der Waals surface area contributed by atoms with Crippen LogP contribution in [-0.4, -0.2) is 39.8 Å². The van der Waals surface area contributed by atoms with Gasteiger partial charge in [0.25, 0.3) is 0 Å². The second-order valence-corrected chi connectivity index (χ2v) is 15.9. The predicted octanol–water partition coefficient (Wildman–Crippen LogP) is 5.48. The Labute approximate surface area is 181 Å². The third-order valence-electron chi connectivity index (χ3n) is 5.74. The third kappa shape index (κ3) is 5.17. The molecule has 0 spiro atoms. The number of fused-ring (bicyclic) bond motifs is 1. The van der Waals surface area contributed by atoms with E-state index < -0.39 is 26.4 Å². The quantitative estimate of drug-likeness (QED) is 0.328. The van der Waals surface area contributed by atoms with Crippen molar-refractivity contribution >= 4 is 43.0 Å². The van der Waals surface area contributed by atoms with E-state index in [-0.39, 0.29) is 6.79 Å². The summed E-state index contributed by atoms with van der Waals surface area (Å²) in [6.07, 6.45) is 0. The van der Waals surface area contributed by atoms with Gasteiger partial charge in [-0.1, -0.05) is 43.4 Å². The molecule has 1 aliphatic rings. The number of ether oxygens (including phenoxy) is 2. The fourth-order valence-corrected chi connectivity index (χ4v) is 4.22. The average Bonchev–Trinajstić information content (AvgIpc) is 2.80. The molecule has 0 N–H and O–H groups in total. The molecule has 0 saturated carbocycles. The molecule has 29 heavy (non-hydrogen) atoms. The summed E-state index contributed by atoms with van der Waals surface area (Å²) in [6, 6.07) is 10.9. The van der Waals surface area contributed by atoms with Crippen LogP contribution < -0.4 is 10.2 Å². The highest BCUT2D eigenvalue weighted by Gasteiger charge is 2.52. The minimum atomic E-state index is -1.11. The molecule has 3 rings (SSSR count). The molecular weight excluding hydrogens is 403 g/mol. The smallest absolute Gasteiger partial charge is 0.468 e. The number of halogens is 1. The van der Waals surface area contributed by atoms with Gasteiger partial charge in [0.1, 0.15) is 5.75 Å². The van der Waals surface area contributed by atoms with Gasteiger partial charge in [0, 0.05) is 25.1 Å². The van der Waals surface area contributed by atoms with Gasteiger partial charge in [0.15, 0.2) is 6.79 Å². The van der Waals surface area contributed by atoms with E-state index in [2.05, 4.69) is 19.6 Å². The molecule has 7 heteroatoms.